The summed E-state index contributed by atoms with van der Waals surface area (Å²) in [6, 6.07) is 10.1. The molecule has 1 atom stereocenters. The van der Waals surface area contributed by atoms with Gasteiger partial charge in [-0.15, -0.1) is 0 Å². The van der Waals surface area contributed by atoms with Crippen LogP contribution in [0.4, 0.5) is 5.82 Å². The van der Waals surface area contributed by atoms with Crippen LogP contribution in [0.15, 0.2) is 42.7 Å². The van der Waals surface area contributed by atoms with Gasteiger partial charge in [0.05, 0.1) is 19.1 Å². The number of rotatable bonds is 8. The average molecular weight is 463 g/mol. The van der Waals surface area contributed by atoms with E-state index in [-0.39, 0.29) is 13.0 Å². The van der Waals surface area contributed by atoms with Gasteiger partial charge in [-0.1, -0.05) is 0 Å². The van der Waals surface area contributed by atoms with Gasteiger partial charge in [0.2, 0.25) is 0 Å². The van der Waals surface area contributed by atoms with Gasteiger partial charge in [0, 0.05) is 61.6 Å². The van der Waals surface area contributed by atoms with Crippen LogP contribution in [-0.2, 0) is 16.1 Å². The number of hydrogen-bond acceptors (Lipinski definition) is 7. The van der Waals surface area contributed by atoms with Crippen LogP contribution >= 0.6 is 0 Å². The summed E-state index contributed by atoms with van der Waals surface area (Å²) in [4.78, 5) is 31.8. The van der Waals surface area contributed by atoms with Crippen LogP contribution in [0.1, 0.15) is 23.6 Å². The van der Waals surface area contributed by atoms with Crippen molar-refractivity contribution in [3.63, 3.8) is 0 Å². The van der Waals surface area contributed by atoms with Gasteiger partial charge < -0.3 is 24.4 Å². The number of ether oxygens (including phenoxy) is 1. The average Bonchev–Trinajstić information content (AvgIpc) is 3.20. The first-order chi connectivity index (χ1) is 16.4. The number of carboxylic acids is 2. The third-order valence-corrected chi connectivity index (χ3v) is 6.10. The first kappa shape index (κ1) is 23.1. The monoisotopic (exact) mass is 463 g/mol. The molecule has 1 aromatic carbocycles. The molecule has 0 saturated carbocycles. The molecule has 0 radical (unpaired) electrons. The van der Waals surface area contributed by atoms with Gasteiger partial charge in [-0.2, -0.15) is 5.26 Å². The largest absolute Gasteiger partial charge is 0.497 e. The minimum atomic E-state index is -0.982. The summed E-state index contributed by atoms with van der Waals surface area (Å²) in [7, 11) is 1.54. The van der Waals surface area contributed by atoms with Gasteiger partial charge in [-0.05, 0) is 30.3 Å². The molecule has 1 aliphatic heterocycles. The number of piperazine rings is 1. The summed E-state index contributed by atoms with van der Waals surface area (Å²) < 4.78 is 7.14. The molecule has 10 nitrogen and oxygen atoms in total. The Bertz CT molecular complexity index is 1260. The minimum Gasteiger partial charge on any atom is -0.497 e. The summed E-state index contributed by atoms with van der Waals surface area (Å²) in [5.74, 6) is -0.706. The van der Waals surface area contributed by atoms with E-state index in [0.29, 0.717) is 48.9 Å². The van der Waals surface area contributed by atoms with Crippen molar-refractivity contribution in [3.05, 3.63) is 53.9 Å². The number of methoxy groups -OCH3 is 1. The standard InChI is InChI=1S/C24H25N5O5/c1-34-17-4-5-20-18(13-17)19(15-29(20)8-6-21(30)31)22(24(32)33)27-9-11-28(12-10-27)23-16(14-25)3-2-7-26-23/h2-5,7,13,15,22H,6,8-12H2,1H3,(H,30,31)(H,32,33)/t22-/m0/s1. The highest BCUT2D eigenvalue weighted by atomic mass is 16.5. The van der Waals surface area contributed by atoms with Crippen molar-refractivity contribution in [3.8, 4) is 11.8 Å². The van der Waals surface area contributed by atoms with E-state index >= 15 is 0 Å². The number of fused-ring (bicyclic) bond motifs is 1. The molecule has 2 N–H and O–H groups in total. The molecule has 0 aliphatic carbocycles. The van der Waals surface area contributed by atoms with Crippen LogP contribution < -0.4 is 9.64 Å². The number of carbonyl (C=O) groups is 2. The van der Waals surface area contributed by atoms with Crippen molar-refractivity contribution in [1.29, 1.82) is 5.26 Å². The SMILES string of the molecule is COc1ccc2c(c1)c([C@@H](C(=O)O)N1CCN(c3ncccc3C#N)CC1)cn2CCC(=O)O. The lowest BCUT2D eigenvalue weighted by Gasteiger charge is -2.38. The number of hydrogen-bond donors (Lipinski definition) is 2. The Morgan fingerprint density at radius 1 is 1.21 bits per heavy atom. The molecule has 4 rings (SSSR count). The summed E-state index contributed by atoms with van der Waals surface area (Å²) >= 11 is 0. The number of aromatic nitrogens is 2. The number of pyridine rings is 1. The van der Waals surface area contributed by atoms with E-state index in [1.165, 1.54) is 0 Å². The van der Waals surface area contributed by atoms with E-state index in [1.807, 2.05) is 15.9 Å². The minimum absolute atomic E-state index is 0.0725. The summed E-state index contributed by atoms with van der Waals surface area (Å²) in [6.45, 7) is 2.20. The van der Waals surface area contributed by atoms with Crippen molar-refractivity contribution < 1.29 is 24.5 Å². The second kappa shape index (κ2) is 9.80. The van der Waals surface area contributed by atoms with Gasteiger partial charge in [-0.3, -0.25) is 14.5 Å². The zero-order valence-electron chi connectivity index (χ0n) is 18.7. The molecule has 3 heterocycles. The molecule has 1 saturated heterocycles. The van der Waals surface area contributed by atoms with Gasteiger partial charge in [0.25, 0.3) is 0 Å². The van der Waals surface area contributed by atoms with Gasteiger partial charge >= 0.3 is 11.9 Å². The molecular weight excluding hydrogens is 438 g/mol. The number of anilines is 1. The Hall–Kier alpha value is -4.10. The third-order valence-electron chi connectivity index (χ3n) is 6.10. The molecular formula is C24H25N5O5. The van der Waals surface area contributed by atoms with Crippen molar-refractivity contribution in [2.24, 2.45) is 0 Å². The third kappa shape index (κ3) is 4.51. The molecule has 1 aliphatic rings. The molecule has 176 valence electrons. The molecule has 0 spiro atoms. The fourth-order valence-corrected chi connectivity index (χ4v) is 4.46. The van der Waals surface area contributed by atoms with Gasteiger partial charge in [0.1, 0.15) is 23.7 Å². The Balaban J connectivity index is 1.65. The first-order valence-electron chi connectivity index (χ1n) is 10.9. The maximum Gasteiger partial charge on any atom is 0.325 e. The van der Waals surface area contributed by atoms with E-state index in [2.05, 4.69) is 11.1 Å². The molecule has 0 bridgehead atoms. The number of nitrogens with zero attached hydrogens (tertiary/aromatic N) is 5. The predicted octanol–water partition coefficient (Wildman–Crippen LogP) is 2.34. The van der Waals surface area contributed by atoms with Crippen molar-refractivity contribution in [2.45, 2.75) is 19.0 Å². The number of aliphatic carboxylic acids is 2. The van der Waals surface area contributed by atoms with E-state index in [4.69, 9.17) is 9.84 Å². The zero-order chi connectivity index (χ0) is 24.2. The molecule has 10 heteroatoms. The fraction of sp³-hybridized carbons (Fsp3) is 0.333. The van der Waals surface area contributed by atoms with Crippen LogP contribution in [0, 0.1) is 11.3 Å². The zero-order valence-corrected chi connectivity index (χ0v) is 18.7. The lowest BCUT2D eigenvalue weighted by molar-refractivity contribution is -0.143. The topological polar surface area (TPSA) is 132 Å². The van der Waals surface area contributed by atoms with Crippen molar-refractivity contribution in [1.82, 2.24) is 14.5 Å². The van der Waals surface area contributed by atoms with Crippen molar-refractivity contribution in [2.75, 3.05) is 38.2 Å². The summed E-state index contributed by atoms with van der Waals surface area (Å²) in [6.07, 6.45) is 3.31. The Morgan fingerprint density at radius 3 is 2.62 bits per heavy atom. The van der Waals surface area contributed by atoms with E-state index < -0.39 is 18.0 Å². The van der Waals surface area contributed by atoms with Crippen LogP contribution in [0.25, 0.3) is 10.9 Å². The molecule has 1 fully saturated rings. The van der Waals surface area contributed by atoms with E-state index in [0.717, 1.165) is 10.9 Å². The lowest BCUT2D eigenvalue weighted by atomic mass is 10.0. The van der Waals surface area contributed by atoms with Gasteiger partial charge in [0.15, 0.2) is 0 Å². The molecule has 0 unspecified atom stereocenters. The Morgan fingerprint density at radius 2 is 1.97 bits per heavy atom. The van der Waals surface area contributed by atoms with Crippen LogP contribution in [0.2, 0.25) is 0 Å². The molecule has 3 aromatic rings. The Kier molecular flexibility index (Phi) is 6.65. The normalized spacial score (nSPS) is 15.1. The highest BCUT2D eigenvalue weighted by Crippen LogP contribution is 2.34. The second-order valence-corrected chi connectivity index (χ2v) is 8.05. The number of aryl methyl sites for hydroxylation is 1. The highest BCUT2D eigenvalue weighted by molar-refractivity contribution is 5.90. The number of nitriles is 1. The maximum atomic E-state index is 12.5. The van der Waals surface area contributed by atoms with Gasteiger partial charge in [-0.25, -0.2) is 4.98 Å². The summed E-state index contributed by atoms with van der Waals surface area (Å²) in [5.41, 5.74) is 1.84. The first-order valence-corrected chi connectivity index (χ1v) is 10.9. The van der Waals surface area contributed by atoms with Crippen LogP contribution in [0.3, 0.4) is 0 Å². The maximum absolute atomic E-state index is 12.5. The number of benzene rings is 1. The predicted molar refractivity (Wildman–Crippen MR) is 124 cm³/mol. The quantitative estimate of drug-likeness (QED) is 0.516. The summed E-state index contributed by atoms with van der Waals surface area (Å²) in [5, 5.41) is 29.4. The second-order valence-electron chi connectivity index (χ2n) is 8.05. The van der Waals surface area contributed by atoms with E-state index in [1.54, 1.807) is 48.3 Å². The smallest absolute Gasteiger partial charge is 0.325 e. The van der Waals surface area contributed by atoms with E-state index in [9.17, 15) is 20.0 Å². The van der Waals surface area contributed by atoms with Crippen molar-refractivity contribution >= 4 is 28.7 Å². The Labute approximate surface area is 196 Å². The molecule has 0 amide bonds. The van der Waals surface area contributed by atoms with Crippen LogP contribution in [-0.4, -0.2) is 69.9 Å². The fourth-order valence-electron chi connectivity index (χ4n) is 4.46. The molecule has 2 aromatic heterocycles. The lowest BCUT2D eigenvalue weighted by Crippen LogP contribution is -2.49. The number of carboxylic acid groups (broad SMARTS) is 2. The highest BCUT2D eigenvalue weighted by Gasteiger charge is 2.33. The molecule has 34 heavy (non-hydrogen) atoms. The van der Waals surface area contributed by atoms with Crippen LogP contribution in [0.5, 0.6) is 5.75 Å².